The molecule has 0 radical (unpaired) electrons. The van der Waals surface area contributed by atoms with Crippen LogP contribution in [-0.2, 0) is 0 Å². The highest BCUT2D eigenvalue weighted by Gasteiger charge is 2.21. The zero-order valence-electron chi connectivity index (χ0n) is 12.4. The van der Waals surface area contributed by atoms with Gasteiger partial charge in [-0.3, -0.25) is 0 Å². The van der Waals surface area contributed by atoms with E-state index >= 15 is 0 Å². The summed E-state index contributed by atoms with van der Waals surface area (Å²) in [6.07, 6.45) is 11.2. The number of aromatic nitrogens is 6. The summed E-state index contributed by atoms with van der Waals surface area (Å²) in [5.41, 5.74) is 0. The minimum atomic E-state index is 0.701. The first-order valence-electron chi connectivity index (χ1n) is 7.63. The van der Waals surface area contributed by atoms with E-state index in [4.69, 9.17) is 0 Å². The topological polar surface area (TPSA) is 101 Å². The average Bonchev–Trinajstić information content (AvgIpc) is 2.61. The Morgan fingerprint density at radius 3 is 1.55 bits per heavy atom. The summed E-state index contributed by atoms with van der Waals surface area (Å²) in [6.45, 7) is 1.91. The maximum Gasteiger partial charge on any atom is 0.148 e. The highest BCUT2D eigenvalue weighted by atomic mass is 15.2. The van der Waals surface area contributed by atoms with Gasteiger partial charge in [-0.1, -0.05) is 0 Å². The van der Waals surface area contributed by atoms with Crippen molar-refractivity contribution in [2.24, 2.45) is 11.8 Å². The zero-order valence-corrected chi connectivity index (χ0v) is 12.4. The van der Waals surface area contributed by atoms with Crippen molar-refractivity contribution < 1.29 is 0 Å². The molecule has 1 aliphatic carbocycles. The molecule has 8 nitrogen and oxygen atoms in total. The van der Waals surface area contributed by atoms with E-state index in [1.54, 1.807) is 12.4 Å². The molecule has 2 heterocycles. The van der Waals surface area contributed by atoms with Crippen LogP contribution in [0.4, 0.5) is 11.6 Å². The predicted octanol–water partition coefficient (Wildman–Crippen LogP) is 1.39. The van der Waals surface area contributed by atoms with Crippen LogP contribution < -0.4 is 10.6 Å². The van der Waals surface area contributed by atoms with Gasteiger partial charge in [-0.25, -0.2) is 9.97 Å². The van der Waals surface area contributed by atoms with Crippen LogP contribution in [0.3, 0.4) is 0 Å². The highest BCUT2D eigenvalue weighted by molar-refractivity contribution is 5.29. The fourth-order valence-corrected chi connectivity index (χ4v) is 2.80. The molecule has 1 fully saturated rings. The minimum absolute atomic E-state index is 0.701. The molecule has 0 aliphatic heterocycles. The van der Waals surface area contributed by atoms with Crippen molar-refractivity contribution in [3.05, 3.63) is 25.0 Å². The van der Waals surface area contributed by atoms with E-state index in [9.17, 15) is 0 Å². The molecule has 3 rings (SSSR count). The van der Waals surface area contributed by atoms with Crippen LogP contribution in [0.5, 0.6) is 0 Å². The Labute approximate surface area is 129 Å². The second-order valence-electron chi connectivity index (χ2n) is 5.63. The fourth-order valence-electron chi connectivity index (χ4n) is 2.80. The Morgan fingerprint density at radius 2 is 1.18 bits per heavy atom. The van der Waals surface area contributed by atoms with Gasteiger partial charge in [-0.15, -0.1) is 10.2 Å². The molecule has 0 atom stereocenters. The molecule has 22 heavy (non-hydrogen) atoms. The van der Waals surface area contributed by atoms with E-state index in [1.807, 2.05) is 0 Å². The molecule has 0 bridgehead atoms. The second kappa shape index (κ2) is 7.58. The zero-order chi connectivity index (χ0) is 15.0. The Balaban J connectivity index is 1.35. The van der Waals surface area contributed by atoms with Gasteiger partial charge in [0.1, 0.15) is 24.3 Å². The average molecular weight is 300 g/mol. The number of hydrogen-bond donors (Lipinski definition) is 2. The summed E-state index contributed by atoms with van der Waals surface area (Å²) in [5, 5.41) is 21.6. The third-order valence-corrected chi connectivity index (χ3v) is 4.10. The van der Waals surface area contributed by atoms with Crippen LogP contribution in [0, 0.1) is 11.8 Å². The molecule has 0 saturated heterocycles. The van der Waals surface area contributed by atoms with Gasteiger partial charge in [-0.2, -0.15) is 10.2 Å². The lowest BCUT2D eigenvalue weighted by atomic mass is 9.82. The third-order valence-electron chi connectivity index (χ3n) is 4.10. The van der Waals surface area contributed by atoms with Crippen LogP contribution in [0.1, 0.15) is 25.7 Å². The van der Waals surface area contributed by atoms with Gasteiger partial charge in [0.25, 0.3) is 0 Å². The number of anilines is 2. The van der Waals surface area contributed by atoms with Gasteiger partial charge in [0, 0.05) is 13.1 Å². The summed E-state index contributed by atoms with van der Waals surface area (Å²) < 4.78 is 0. The van der Waals surface area contributed by atoms with Crippen molar-refractivity contribution in [1.82, 2.24) is 30.4 Å². The standard InChI is InChI=1S/C14H20N8/c1-2-12(6-16-14-8-20-22-10-18-14)4-3-11(1)5-15-13-7-19-21-9-17-13/h7-12H,1-6H2,(H,15,17,21)(H,16,18,22). The maximum absolute atomic E-state index is 4.13. The van der Waals surface area contributed by atoms with Crippen LogP contribution >= 0.6 is 0 Å². The van der Waals surface area contributed by atoms with Gasteiger partial charge >= 0.3 is 0 Å². The Kier molecular flexibility index (Phi) is 5.01. The van der Waals surface area contributed by atoms with E-state index < -0.39 is 0 Å². The van der Waals surface area contributed by atoms with Crippen molar-refractivity contribution in [3.63, 3.8) is 0 Å². The maximum atomic E-state index is 4.13. The molecular weight excluding hydrogens is 280 g/mol. The Bertz CT molecular complexity index is 490. The fraction of sp³-hybridized carbons (Fsp3) is 0.571. The lowest BCUT2D eigenvalue weighted by molar-refractivity contribution is 0.293. The van der Waals surface area contributed by atoms with Gasteiger partial charge in [-0.05, 0) is 37.5 Å². The van der Waals surface area contributed by atoms with Crippen molar-refractivity contribution >= 4 is 11.6 Å². The number of nitrogens with zero attached hydrogens (tertiary/aromatic N) is 6. The molecule has 0 aromatic carbocycles. The molecule has 0 spiro atoms. The lowest BCUT2D eigenvalue weighted by Gasteiger charge is -2.28. The van der Waals surface area contributed by atoms with Gasteiger partial charge in [0.15, 0.2) is 0 Å². The van der Waals surface area contributed by atoms with E-state index in [-0.39, 0.29) is 0 Å². The molecule has 1 saturated carbocycles. The molecular formula is C14H20N8. The first-order chi connectivity index (χ1) is 10.9. The van der Waals surface area contributed by atoms with E-state index in [0.29, 0.717) is 11.8 Å². The molecule has 0 unspecified atom stereocenters. The predicted molar refractivity (Wildman–Crippen MR) is 82.1 cm³/mol. The van der Waals surface area contributed by atoms with Gasteiger partial charge < -0.3 is 10.6 Å². The summed E-state index contributed by atoms with van der Waals surface area (Å²) in [7, 11) is 0. The second-order valence-corrected chi connectivity index (χ2v) is 5.63. The van der Waals surface area contributed by atoms with E-state index in [0.717, 1.165) is 24.7 Å². The molecule has 2 aromatic rings. The van der Waals surface area contributed by atoms with Crippen molar-refractivity contribution in [2.45, 2.75) is 25.7 Å². The molecule has 0 amide bonds. The number of rotatable bonds is 6. The van der Waals surface area contributed by atoms with Crippen LogP contribution in [0.2, 0.25) is 0 Å². The lowest BCUT2D eigenvalue weighted by Crippen LogP contribution is -2.25. The summed E-state index contributed by atoms with van der Waals surface area (Å²) in [5.74, 6) is 3.00. The van der Waals surface area contributed by atoms with E-state index in [1.165, 1.54) is 38.3 Å². The van der Waals surface area contributed by atoms with Gasteiger partial charge in [0.2, 0.25) is 0 Å². The normalized spacial score (nSPS) is 21.3. The molecule has 1 aliphatic rings. The number of nitrogens with one attached hydrogen (secondary N) is 2. The Morgan fingerprint density at radius 1 is 0.727 bits per heavy atom. The Hall–Kier alpha value is -2.38. The smallest absolute Gasteiger partial charge is 0.148 e. The van der Waals surface area contributed by atoms with Crippen molar-refractivity contribution in [1.29, 1.82) is 0 Å². The quantitative estimate of drug-likeness (QED) is 0.825. The summed E-state index contributed by atoms with van der Waals surface area (Å²) in [4.78, 5) is 8.26. The molecule has 8 heteroatoms. The molecule has 2 N–H and O–H groups in total. The first-order valence-corrected chi connectivity index (χ1v) is 7.63. The third kappa shape index (κ3) is 4.31. The van der Waals surface area contributed by atoms with Crippen molar-refractivity contribution in [3.8, 4) is 0 Å². The largest absolute Gasteiger partial charge is 0.368 e. The molecule has 116 valence electrons. The number of hydrogen-bond acceptors (Lipinski definition) is 8. The SMILES string of the molecule is c1nncc(NCC2CCC(CNc3cnncn3)CC2)n1. The minimum Gasteiger partial charge on any atom is -0.368 e. The van der Waals surface area contributed by atoms with Crippen molar-refractivity contribution in [2.75, 3.05) is 23.7 Å². The molecule has 2 aromatic heterocycles. The highest BCUT2D eigenvalue weighted by Crippen LogP contribution is 2.28. The van der Waals surface area contributed by atoms with Crippen LogP contribution in [0.25, 0.3) is 0 Å². The first kappa shape index (κ1) is 14.6. The van der Waals surface area contributed by atoms with Crippen LogP contribution in [0.15, 0.2) is 25.0 Å². The van der Waals surface area contributed by atoms with E-state index in [2.05, 4.69) is 41.0 Å². The summed E-state index contributed by atoms with van der Waals surface area (Å²) in [6, 6.07) is 0. The summed E-state index contributed by atoms with van der Waals surface area (Å²) >= 11 is 0. The van der Waals surface area contributed by atoms with Crippen LogP contribution in [-0.4, -0.2) is 43.5 Å². The van der Waals surface area contributed by atoms with Gasteiger partial charge in [0.05, 0.1) is 12.4 Å². The monoisotopic (exact) mass is 300 g/mol.